The number of aliphatic imine (C=N–C) groups is 1. The molecule has 3 aromatic carbocycles. The molecule has 32 heteroatoms. The zero-order valence-corrected chi connectivity index (χ0v) is 49.1. The van der Waals surface area contributed by atoms with Gasteiger partial charge in [-0.1, -0.05) is 86.6 Å². The van der Waals surface area contributed by atoms with E-state index in [0.29, 0.717) is 16.7 Å². The van der Waals surface area contributed by atoms with Crippen LogP contribution in [-0.4, -0.2) is 173 Å². The summed E-state index contributed by atoms with van der Waals surface area (Å²) in [6, 6.07) is 7.09. The molecule has 24 N–H and O–H groups in total. The number of primary amides is 3. The number of aliphatic hydroxyl groups is 2. The second-order valence-electron chi connectivity index (χ2n) is 20.8. The standard InChI is InChI=1S/C56H81N17O15/c1-29(2)22-38(49(82)64-36(16-11-21-63-55(61)62-4)48(81)65-37(46(60)79)24-31-12-7-5-8-13-31)70-56(88)73-72-53(86)39(25-32-14-9-6-10-15-32)67-52(85)42(28-74)69-50(83)40(26-43(58)77)68-54(87)45(30(3)75)71-51(84)41(27-44(59)78)66-47(80)35(57)23-33-17-19-34(76)20-18-33/h5-10,12-15,17-20,29-30,35-42,45,74-76H,11,16,21-28,57H2,1-4H3,(H2,58,77)(H2,59,78)(H2,60,79)(H,64,82)(H,65,81)(H,66,80)(H,67,85)(H,68,87)(H,69,83)(H,71,84)(H,72,86)(H3,61,62,63)(H2,70,73,88)/t30-,35-,36+,37+,38+,39+,40+,41-,42+,45+/m1/s1. The maximum atomic E-state index is 14.0. The summed E-state index contributed by atoms with van der Waals surface area (Å²) in [4.78, 5) is 164. The highest BCUT2D eigenvalue weighted by atomic mass is 16.3. The number of benzene rings is 3. The Hall–Kier alpha value is -9.95. The molecule has 0 unspecified atom stereocenters. The Morgan fingerprint density at radius 3 is 1.47 bits per heavy atom. The van der Waals surface area contributed by atoms with Gasteiger partial charge in [0.2, 0.25) is 59.1 Å². The molecule has 480 valence electrons. The third-order valence-electron chi connectivity index (χ3n) is 13.0. The first-order valence-electron chi connectivity index (χ1n) is 27.8. The highest BCUT2D eigenvalue weighted by Gasteiger charge is 2.36. The number of guanidine groups is 1. The zero-order valence-electron chi connectivity index (χ0n) is 49.1. The highest BCUT2D eigenvalue weighted by Crippen LogP contribution is 2.13. The molecule has 0 saturated carbocycles. The number of rotatable bonds is 35. The lowest BCUT2D eigenvalue weighted by Gasteiger charge is -2.27. The highest BCUT2D eigenvalue weighted by molar-refractivity contribution is 5.99. The lowest BCUT2D eigenvalue weighted by Crippen LogP contribution is -2.62. The number of phenols is 1. The molecule has 3 rings (SSSR count). The average molecular weight is 1230 g/mol. The summed E-state index contributed by atoms with van der Waals surface area (Å²) in [7, 11) is 1.47. The minimum Gasteiger partial charge on any atom is -0.508 e. The van der Waals surface area contributed by atoms with Crippen LogP contribution in [0.1, 0.15) is 69.6 Å². The van der Waals surface area contributed by atoms with Gasteiger partial charge in [0.25, 0.3) is 5.91 Å². The van der Waals surface area contributed by atoms with E-state index in [4.69, 9.17) is 28.7 Å². The lowest BCUT2D eigenvalue weighted by atomic mass is 10.0. The van der Waals surface area contributed by atoms with E-state index in [2.05, 4.69) is 63.7 Å². The summed E-state index contributed by atoms with van der Waals surface area (Å²) in [5.41, 5.74) is 34.1. The molecule has 3 aromatic rings. The molecule has 0 saturated heterocycles. The van der Waals surface area contributed by atoms with Crippen molar-refractivity contribution in [2.24, 2.45) is 39.6 Å². The number of nitrogens with one attached hydrogen (secondary N) is 11. The maximum Gasteiger partial charge on any atom is 0.334 e. The van der Waals surface area contributed by atoms with Crippen LogP contribution < -0.4 is 87.4 Å². The lowest BCUT2D eigenvalue weighted by molar-refractivity contribution is -0.138. The topological polar surface area (TPSA) is 540 Å². The summed E-state index contributed by atoms with van der Waals surface area (Å²) in [5.74, 6) is -11.9. The summed E-state index contributed by atoms with van der Waals surface area (Å²) < 4.78 is 0. The Morgan fingerprint density at radius 2 is 0.955 bits per heavy atom. The van der Waals surface area contributed by atoms with Gasteiger partial charge in [-0.2, -0.15) is 0 Å². The van der Waals surface area contributed by atoms with Gasteiger partial charge in [-0.15, -0.1) is 0 Å². The maximum absolute atomic E-state index is 14.0. The smallest absolute Gasteiger partial charge is 0.334 e. The Balaban J connectivity index is 1.77. The van der Waals surface area contributed by atoms with Gasteiger partial charge in [0.05, 0.1) is 31.6 Å². The van der Waals surface area contributed by atoms with Crippen LogP contribution in [0.25, 0.3) is 0 Å². The summed E-state index contributed by atoms with van der Waals surface area (Å²) >= 11 is 0. The number of aliphatic hydroxyl groups excluding tert-OH is 2. The van der Waals surface area contributed by atoms with Crippen molar-refractivity contribution < 1.29 is 72.9 Å². The molecule has 0 aliphatic rings. The van der Waals surface area contributed by atoms with Crippen molar-refractivity contribution in [2.75, 3.05) is 20.2 Å². The van der Waals surface area contributed by atoms with Gasteiger partial charge in [-0.3, -0.25) is 63.2 Å². The number of aromatic hydroxyl groups is 1. The SMILES string of the molecule is CN=C(N)NCCC[C@H](NC(=O)[C@H](CC(C)C)NC(=O)NNC(=O)[C@H](Cc1ccccc1)NC(=O)[C@H](CO)NC(=O)[C@H](CC(N)=O)NC(=O)[C@@H](NC(=O)[C@@H](CC(N)=O)NC(=O)[C@H](N)Cc1ccc(O)cc1)[C@@H](C)O)C(=O)N[C@@H](Cc1ccccc1)C(N)=O. The number of nitrogens with two attached hydrogens (primary N) is 5. The number of amides is 13. The molecule has 13 amide bonds. The normalized spacial score (nSPS) is 14.6. The molecule has 0 spiro atoms. The predicted octanol–water partition coefficient (Wildman–Crippen LogP) is -6.19. The fraction of sp³-hybridized carbons (Fsp3) is 0.446. The van der Waals surface area contributed by atoms with E-state index in [-0.39, 0.29) is 62.7 Å². The fourth-order valence-electron chi connectivity index (χ4n) is 8.39. The molecule has 88 heavy (non-hydrogen) atoms. The van der Waals surface area contributed by atoms with Gasteiger partial charge in [0.15, 0.2) is 5.96 Å². The first-order valence-corrected chi connectivity index (χ1v) is 27.8. The molecular weight excluding hydrogens is 1150 g/mol. The number of carbonyl (C=O) groups excluding carboxylic acids is 12. The third kappa shape index (κ3) is 26.1. The summed E-state index contributed by atoms with van der Waals surface area (Å²) in [6.07, 6.45) is -3.58. The van der Waals surface area contributed by atoms with Gasteiger partial charge < -0.3 is 91.8 Å². The molecule has 0 fully saturated rings. The Morgan fingerprint density at radius 1 is 0.500 bits per heavy atom. The quantitative estimate of drug-likeness (QED) is 0.0113. The monoisotopic (exact) mass is 1230 g/mol. The predicted molar refractivity (Wildman–Crippen MR) is 317 cm³/mol. The van der Waals surface area contributed by atoms with Gasteiger partial charge in [0, 0.05) is 26.4 Å². The Labute approximate surface area is 506 Å². The number of nitrogens with zero attached hydrogens (tertiary/aromatic N) is 1. The van der Waals surface area contributed by atoms with E-state index in [1.165, 1.54) is 31.3 Å². The van der Waals surface area contributed by atoms with Crippen LogP contribution >= 0.6 is 0 Å². The zero-order chi connectivity index (χ0) is 65.6. The Kier molecular flexibility index (Phi) is 30.2. The van der Waals surface area contributed by atoms with Crippen LogP contribution in [0.5, 0.6) is 5.75 Å². The van der Waals surface area contributed by atoms with E-state index in [0.717, 1.165) is 6.92 Å². The summed E-state index contributed by atoms with van der Waals surface area (Å²) in [5, 5.41) is 52.2. The van der Waals surface area contributed by atoms with Crippen molar-refractivity contribution in [2.45, 2.75) is 133 Å². The van der Waals surface area contributed by atoms with Gasteiger partial charge in [0.1, 0.15) is 54.1 Å². The molecule has 10 atom stereocenters. The van der Waals surface area contributed by atoms with E-state index in [1.54, 1.807) is 74.5 Å². The van der Waals surface area contributed by atoms with Crippen LogP contribution in [0.4, 0.5) is 4.79 Å². The average Bonchev–Trinajstić information content (AvgIpc) is 3.66. The van der Waals surface area contributed by atoms with Crippen LogP contribution in [0.2, 0.25) is 0 Å². The van der Waals surface area contributed by atoms with Crippen molar-refractivity contribution in [3.63, 3.8) is 0 Å². The second-order valence-corrected chi connectivity index (χ2v) is 20.8. The first-order chi connectivity index (χ1) is 41.6. The fourth-order valence-corrected chi connectivity index (χ4v) is 8.39. The van der Waals surface area contributed by atoms with Gasteiger partial charge in [-0.05, 0) is 67.3 Å². The molecular formula is C56H81N17O15. The molecule has 0 aromatic heterocycles. The number of urea groups is 1. The van der Waals surface area contributed by atoms with Crippen molar-refractivity contribution >= 4 is 77.0 Å². The number of hydrogen-bond acceptors (Lipinski definition) is 17. The Bertz CT molecular complexity index is 2900. The minimum absolute atomic E-state index is 0.00799. The van der Waals surface area contributed by atoms with Crippen molar-refractivity contribution in [1.29, 1.82) is 0 Å². The molecule has 0 bridgehead atoms. The third-order valence-corrected chi connectivity index (χ3v) is 13.0. The van der Waals surface area contributed by atoms with Crippen LogP contribution in [0.3, 0.4) is 0 Å². The van der Waals surface area contributed by atoms with E-state index >= 15 is 0 Å². The van der Waals surface area contributed by atoms with E-state index < -0.39 is 151 Å². The van der Waals surface area contributed by atoms with Gasteiger partial charge >= 0.3 is 6.03 Å². The largest absolute Gasteiger partial charge is 0.508 e. The second kappa shape index (κ2) is 36.8. The molecule has 0 heterocycles. The van der Waals surface area contributed by atoms with Crippen LogP contribution in [-0.2, 0) is 72.0 Å². The first kappa shape index (κ1) is 72.3. The van der Waals surface area contributed by atoms with Crippen molar-refractivity contribution in [3.8, 4) is 5.75 Å². The van der Waals surface area contributed by atoms with Crippen molar-refractivity contribution in [1.82, 2.24) is 58.7 Å². The van der Waals surface area contributed by atoms with Crippen LogP contribution in [0, 0.1) is 5.92 Å². The van der Waals surface area contributed by atoms with E-state index in [1.807, 2.05) is 0 Å². The minimum atomic E-state index is -1.97. The number of hydrazine groups is 1. The van der Waals surface area contributed by atoms with Crippen LogP contribution in [0.15, 0.2) is 89.9 Å². The number of hydrogen-bond donors (Lipinski definition) is 19. The van der Waals surface area contributed by atoms with E-state index in [9.17, 15) is 72.9 Å². The molecule has 32 nitrogen and oxygen atoms in total. The number of phenolic OH excluding ortho intramolecular Hbond substituents is 1. The summed E-state index contributed by atoms with van der Waals surface area (Å²) in [6.45, 7) is 3.62. The number of carbonyl (C=O) groups is 12. The molecule has 0 radical (unpaired) electrons. The van der Waals surface area contributed by atoms with Gasteiger partial charge in [-0.25, -0.2) is 10.2 Å². The molecule has 0 aliphatic carbocycles. The molecule has 0 aliphatic heterocycles. The van der Waals surface area contributed by atoms with Crippen molar-refractivity contribution in [3.05, 3.63) is 102 Å².